The summed E-state index contributed by atoms with van der Waals surface area (Å²) in [4.78, 5) is 0. The minimum Gasteiger partial charge on any atom is -0.366 e. The van der Waals surface area contributed by atoms with Gasteiger partial charge < -0.3 is 4.74 Å². The van der Waals surface area contributed by atoms with Crippen LogP contribution in [0.15, 0.2) is 11.6 Å². The molecular formula is C14H20O. The van der Waals surface area contributed by atoms with Gasteiger partial charge >= 0.3 is 0 Å². The predicted octanol–water partition coefficient (Wildman–Crippen LogP) is 3.16. The lowest BCUT2D eigenvalue weighted by Gasteiger charge is -2.36. The molecule has 1 heteroatoms. The number of rotatable bonds is 0. The van der Waals surface area contributed by atoms with Gasteiger partial charge in [-0.15, -0.1) is 0 Å². The molecule has 1 saturated heterocycles. The third-order valence-electron chi connectivity index (χ3n) is 5.74. The van der Waals surface area contributed by atoms with Crippen LogP contribution in [0.25, 0.3) is 0 Å². The zero-order chi connectivity index (χ0) is 10.2. The van der Waals surface area contributed by atoms with Gasteiger partial charge in [-0.1, -0.05) is 11.6 Å². The molecule has 1 aliphatic heterocycles. The zero-order valence-corrected chi connectivity index (χ0v) is 9.70. The van der Waals surface area contributed by atoms with Gasteiger partial charge in [0.15, 0.2) is 0 Å². The Balaban J connectivity index is 1.67. The molecule has 82 valence electrons. The topological polar surface area (TPSA) is 12.5 Å². The highest BCUT2D eigenvalue weighted by molar-refractivity contribution is 5.24. The molecule has 3 aliphatic carbocycles. The first-order chi connectivity index (χ1) is 7.21. The van der Waals surface area contributed by atoms with Crippen LogP contribution in [-0.2, 0) is 4.74 Å². The van der Waals surface area contributed by atoms with Gasteiger partial charge in [0, 0.05) is 0 Å². The van der Waals surface area contributed by atoms with Crippen LogP contribution in [0, 0.1) is 23.7 Å². The van der Waals surface area contributed by atoms with Crippen molar-refractivity contribution in [1.29, 1.82) is 0 Å². The third kappa shape index (κ3) is 0.982. The molecule has 0 amide bonds. The van der Waals surface area contributed by atoms with Gasteiger partial charge in [0.05, 0.1) is 11.7 Å². The van der Waals surface area contributed by atoms with Crippen LogP contribution in [0.5, 0.6) is 0 Å². The number of allylic oxidation sites excluding steroid dienone is 2. The van der Waals surface area contributed by atoms with Crippen molar-refractivity contribution < 1.29 is 4.74 Å². The van der Waals surface area contributed by atoms with Crippen molar-refractivity contribution in [1.82, 2.24) is 0 Å². The minimum absolute atomic E-state index is 0.296. The molecule has 3 saturated carbocycles. The van der Waals surface area contributed by atoms with E-state index >= 15 is 0 Å². The van der Waals surface area contributed by atoms with Crippen LogP contribution in [0.1, 0.15) is 39.5 Å². The van der Waals surface area contributed by atoms with E-state index in [1.54, 1.807) is 5.57 Å². The summed E-state index contributed by atoms with van der Waals surface area (Å²) in [5.74, 6) is 3.94. The van der Waals surface area contributed by atoms with E-state index < -0.39 is 0 Å². The molecular weight excluding hydrogens is 184 g/mol. The van der Waals surface area contributed by atoms with Crippen LogP contribution < -0.4 is 0 Å². The van der Waals surface area contributed by atoms with E-state index in [4.69, 9.17) is 4.74 Å². The normalized spacial score (nSPS) is 63.1. The first-order valence-corrected chi connectivity index (χ1v) is 6.54. The highest BCUT2D eigenvalue weighted by Gasteiger charge is 2.64. The second kappa shape index (κ2) is 2.51. The van der Waals surface area contributed by atoms with Gasteiger partial charge in [-0.3, -0.25) is 0 Å². The summed E-state index contributed by atoms with van der Waals surface area (Å²) in [7, 11) is 0. The van der Waals surface area contributed by atoms with Crippen molar-refractivity contribution in [2.45, 2.75) is 51.2 Å². The average molecular weight is 204 g/mol. The number of hydrogen-bond acceptors (Lipinski definition) is 1. The highest BCUT2D eigenvalue weighted by Crippen LogP contribution is 2.65. The Bertz CT molecular complexity index is 345. The molecule has 0 spiro atoms. The summed E-state index contributed by atoms with van der Waals surface area (Å²) < 4.78 is 5.88. The van der Waals surface area contributed by atoms with Gasteiger partial charge in [-0.25, -0.2) is 0 Å². The molecule has 0 aromatic heterocycles. The summed E-state index contributed by atoms with van der Waals surface area (Å²) in [5.41, 5.74) is 2.06. The molecule has 4 rings (SSSR count). The van der Waals surface area contributed by atoms with Crippen LogP contribution >= 0.6 is 0 Å². The molecule has 1 nitrogen and oxygen atoms in total. The molecule has 0 radical (unpaired) electrons. The second-order valence-electron chi connectivity index (χ2n) is 6.36. The Morgan fingerprint density at radius 2 is 2.20 bits per heavy atom. The van der Waals surface area contributed by atoms with Crippen LogP contribution in [0.3, 0.4) is 0 Å². The summed E-state index contributed by atoms with van der Waals surface area (Å²) >= 11 is 0. The van der Waals surface area contributed by atoms with E-state index in [9.17, 15) is 0 Å². The summed E-state index contributed by atoms with van der Waals surface area (Å²) in [6.07, 6.45) is 8.65. The summed E-state index contributed by atoms with van der Waals surface area (Å²) in [6, 6.07) is 0. The van der Waals surface area contributed by atoms with E-state index in [2.05, 4.69) is 19.9 Å². The van der Waals surface area contributed by atoms with E-state index in [0.29, 0.717) is 11.7 Å². The van der Waals surface area contributed by atoms with Crippen molar-refractivity contribution >= 4 is 0 Å². The Morgan fingerprint density at radius 1 is 1.33 bits per heavy atom. The Hall–Kier alpha value is -0.300. The number of ether oxygens (including phenoxy) is 1. The SMILES string of the molecule is C/C=C1\C[C@H]2C[C@@H]1[C@@H]1C[C@@]3(C)O[C@H]3C[C@H]21. The van der Waals surface area contributed by atoms with Crippen molar-refractivity contribution in [3.8, 4) is 0 Å². The van der Waals surface area contributed by atoms with Gasteiger partial charge in [0.25, 0.3) is 0 Å². The lowest BCUT2D eigenvalue weighted by atomic mass is 9.66. The monoisotopic (exact) mass is 204 g/mol. The Morgan fingerprint density at radius 3 is 3.00 bits per heavy atom. The van der Waals surface area contributed by atoms with Crippen molar-refractivity contribution in [3.05, 3.63) is 11.6 Å². The van der Waals surface area contributed by atoms with Crippen molar-refractivity contribution in [2.75, 3.05) is 0 Å². The fourth-order valence-corrected chi connectivity index (χ4v) is 4.91. The maximum atomic E-state index is 5.88. The highest BCUT2D eigenvalue weighted by atomic mass is 16.6. The quantitative estimate of drug-likeness (QED) is 0.436. The summed E-state index contributed by atoms with van der Waals surface area (Å²) in [5, 5.41) is 0. The van der Waals surface area contributed by atoms with E-state index in [1.165, 1.54) is 25.7 Å². The van der Waals surface area contributed by atoms with E-state index in [-0.39, 0.29) is 0 Å². The number of fused-ring (bicyclic) bond motifs is 6. The molecule has 0 aromatic rings. The average Bonchev–Trinajstić information content (AvgIpc) is 2.58. The molecule has 1 heterocycles. The molecule has 0 aromatic carbocycles. The molecule has 0 N–H and O–H groups in total. The number of hydrogen-bond donors (Lipinski definition) is 0. The Labute approximate surface area is 91.9 Å². The lowest BCUT2D eigenvalue weighted by Crippen LogP contribution is -2.34. The number of epoxide rings is 1. The van der Waals surface area contributed by atoms with E-state index in [0.717, 1.165) is 23.7 Å². The van der Waals surface area contributed by atoms with Crippen LogP contribution in [-0.4, -0.2) is 11.7 Å². The van der Waals surface area contributed by atoms with Gasteiger partial charge in [0.2, 0.25) is 0 Å². The second-order valence-corrected chi connectivity index (χ2v) is 6.36. The lowest BCUT2D eigenvalue weighted by molar-refractivity contribution is 0.181. The predicted molar refractivity (Wildman–Crippen MR) is 59.5 cm³/mol. The third-order valence-corrected chi connectivity index (χ3v) is 5.74. The maximum absolute atomic E-state index is 5.88. The molecule has 15 heavy (non-hydrogen) atoms. The maximum Gasteiger partial charge on any atom is 0.0923 e. The zero-order valence-electron chi connectivity index (χ0n) is 9.70. The van der Waals surface area contributed by atoms with Crippen LogP contribution in [0.4, 0.5) is 0 Å². The van der Waals surface area contributed by atoms with Gasteiger partial charge in [-0.2, -0.15) is 0 Å². The smallest absolute Gasteiger partial charge is 0.0923 e. The largest absolute Gasteiger partial charge is 0.366 e. The molecule has 4 aliphatic rings. The van der Waals surface area contributed by atoms with Crippen molar-refractivity contribution in [3.63, 3.8) is 0 Å². The van der Waals surface area contributed by atoms with Crippen molar-refractivity contribution in [2.24, 2.45) is 23.7 Å². The standard InChI is InChI=1S/C14H20O/c1-3-8-4-9-5-10(8)12-7-14(2)13(15-14)6-11(9)12/h3,9-13H,4-7H2,1-2H3/b8-3+/t9-,10-,11+,12-,13-,14+/m0/s1. The molecule has 4 fully saturated rings. The van der Waals surface area contributed by atoms with E-state index in [1.807, 2.05) is 0 Å². The fraction of sp³-hybridized carbons (Fsp3) is 0.857. The Kier molecular flexibility index (Phi) is 1.47. The molecule has 6 atom stereocenters. The fourth-order valence-electron chi connectivity index (χ4n) is 4.91. The van der Waals surface area contributed by atoms with Crippen LogP contribution in [0.2, 0.25) is 0 Å². The first-order valence-electron chi connectivity index (χ1n) is 6.54. The van der Waals surface area contributed by atoms with Gasteiger partial charge in [-0.05, 0) is 63.2 Å². The summed E-state index contributed by atoms with van der Waals surface area (Å²) in [6.45, 7) is 4.56. The molecule has 2 bridgehead atoms. The van der Waals surface area contributed by atoms with Gasteiger partial charge in [0.1, 0.15) is 0 Å². The minimum atomic E-state index is 0.296. The first kappa shape index (κ1) is 8.81. The molecule has 0 unspecified atom stereocenters.